The summed E-state index contributed by atoms with van der Waals surface area (Å²) in [4.78, 5) is 18.2. The van der Waals surface area contributed by atoms with Gasteiger partial charge in [0, 0.05) is 6.54 Å². The quantitative estimate of drug-likeness (QED) is 0.534. The maximum Gasteiger partial charge on any atom is 0.410 e. The second-order valence-electron chi connectivity index (χ2n) is 7.15. The summed E-state index contributed by atoms with van der Waals surface area (Å²) in [6, 6.07) is 1.72. The molecule has 1 aromatic rings. The van der Waals surface area contributed by atoms with Crippen molar-refractivity contribution in [2.75, 3.05) is 19.8 Å². The van der Waals surface area contributed by atoms with Crippen LogP contribution in [0, 0.1) is 0 Å². The van der Waals surface area contributed by atoms with Crippen LogP contribution < -0.4 is 4.74 Å². The highest BCUT2D eigenvalue weighted by Crippen LogP contribution is 2.27. The fourth-order valence-electron chi connectivity index (χ4n) is 2.72. The number of carbonyl (C=O) groups excluding carboxylic acids is 1. The molecule has 7 heteroatoms. The van der Waals surface area contributed by atoms with Crippen molar-refractivity contribution in [3.05, 3.63) is 29.6 Å². The number of hydrogen-bond acceptors (Lipinski definition) is 5. The molecule has 0 aromatic carbocycles. The minimum absolute atomic E-state index is 0.0286. The van der Waals surface area contributed by atoms with Crippen molar-refractivity contribution in [3.8, 4) is 5.75 Å². The van der Waals surface area contributed by atoms with Crippen molar-refractivity contribution >= 4 is 23.5 Å². The predicted molar refractivity (Wildman–Crippen MR) is 101 cm³/mol. The van der Waals surface area contributed by atoms with E-state index in [-0.39, 0.29) is 12.1 Å². The van der Waals surface area contributed by atoms with Gasteiger partial charge in [-0.25, -0.2) is 9.78 Å². The van der Waals surface area contributed by atoms with Crippen LogP contribution in [0.2, 0.25) is 5.15 Å². The van der Waals surface area contributed by atoms with Gasteiger partial charge >= 0.3 is 6.09 Å². The zero-order chi connectivity index (χ0) is 19.3. The van der Waals surface area contributed by atoms with Crippen LogP contribution in [0.25, 0.3) is 5.76 Å². The number of carbonyl (C=O) groups is 1. The zero-order valence-electron chi connectivity index (χ0n) is 15.9. The van der Waals surface area contributed by atoms with Crippen molar-refractivity contribution in [2.24, 2.45) is 0 Å². The monoisotopic (exact) mass is 382 g/mol. The summed E-state index contributed by atoms with van der Waals surface area (Å²) in [5, 5.41) is 0.312. The van der Waals surface area contributed by atoms with E-state index in [1.807, 2.05) is 27.7 Å². The first-order valence-corrected chi connectivity index (χ1v) is 9.19. The SMILES string of the molecule is C=C(OCC)c1cc(OC[C@@H]2CCCN2C(=O)OC(C)(C)C)cnc1Cl. The maximum absolute atomic E-state index is 12.3. The van der Waals surface area contributed by atoms with Gasteiger partial charge in [-0.2, -0.15) is 0 Å². The predicted octanol–water partition coefficient (Wildman–Crippen LogP) is 4.52. The lowest BCUT2D eigenvalue weighted by Gasteiger charge is -2.28. The van der Waals surface area contributed by atoms with Gasteiger partial charge in [-0.1, -0.05) is 18.2 Å². The molecule has 0 bridgehead atoms. The van der Waals surface area contributed by atoms with E-state index in [1.165, 1.54) is 0 Å². The molecule has 1 saturated heterocycles. The van der Waals surface area contributed by atoms with E-state index in [4.69, 9.17) is 25.8 Å². The zero-order valence-corrected chi connectivity index (χ0v) is 16.6. The summed E-state index contributed by atoms with van der Waals surface area (Å²) < 4.78 is 16.7. The van der Waals surface area contributed by atoms with Gasteiger partial charge in [0.2, 0.25) is 0 Å². The molecule has 1 atom stereocenters. The Bertz CT molecular complexity index is 657. The Hall–Kier alpha value is -1.95. The van der Waals surface area contributed by atoms with E-state index >= 15 is 0 Å². The lowest BCUT2D eigenvalue weighted by Crippen LogP contribution is -2.42. The van der Waals surface area contributed by atoms with E-state index in [9.17, 15) is 4.79 Å². The van der Waals surface area contributed by atoms with Crippen molar-refractivity contribution in [3.63, 3.8) is 0 Å². The average molecular weight is 383 g/mol. The number of ether oxygens (including phenoxy) is 3. The van der Waals surface area contributed by atoms with Gasteiger partial charge in [0.25, 0.3) is 0 Å². The van der Waals surface area contributed by atoms with Crippen LogP contribution >= 0.6 is 11.6 Å². The second kappa shape index (κ2) is 8.62. The van der Waals surface area contributed by atoms with Crippen LogP contribution in [-0.2, 0) is 9.47 Å². The Labute approximate surface area is 160 Å². The van der Waals surface area contributed by atoms with Gasteiger partial charge < -0.3 is 19.1 Å². The van der Waals surface area contributed by atoms with Crippen LogP contribution in [-0.4, -0.2) is 47.4 Å². The van der Waals surface area contributed by atoms with Crippen LogP contribution in [0.15, 0.2) is 18.8 Å². The van der Waals surface area contributed by atoms with Crippen LogP contribution in [0.4, 0.5) is 4.79 Å². The van der Waals surface area contributed by atoms with Crippen molar-refractivity contribution < 1.29 is 19.0 Å². The normalized spacial score (nSPS) is 17.1. The third-order valence-corrected chi connectivity index (χ3v) is 4.18. The minimum atomic E-state index is -0.514. The van der Waals surface area contributed by atoms with Gasteiger partial charge in [-0.15, -0.1) is 0 Å². The largest absolute Gasteiger partial charge is 0.494 e. The van der Waals surface area contributed by atoms with Crippen LogP contribution in [0.5, 0.6) is 5.75 Å². The number of pyridine rings is 1. The summed E-state index contributed by atoms with van der Waals surface area (Å²) in [6.07, 6.45) is 3.05. The number of halogens is 1. The Morgan fingerprint density at radius 1 is 1.46 bits per heavy atom. The summed E-state index contributed by atoms with van der Waals surface area (Å²) >= 11 is 6.10. The topological polar surface area (TPSA) is 60.9 Å². The molecule has 0 unspecified atom stereocenters. The third-order valence-electron chi connectivity index (χ3n) is 3.88. The molecule has 0 saturated carbocycles. The molecule has 2 rings (SSSR count). The molecule has 1 aliphatic heterocycles. The maximum atomic E-state index is 12.3. The highest BCUT2D eigenvalue weighted by atomic mass is 35.5. The summed E-state index contributed by atoms with van der Waals surface area (Å²) in [5.41, 5.74) is 0.0844. The molecule has 0 aliphatic carbocycles. The van der Waals surface area contributed by atoms with Crippen molar-refractivity contribution in [2.45, 2.75) is 52.2 Å². The van der Waals surface area contributed by atoms with Gasteiger partial charge in [-0.05, 0) is 46.6 Å². The highest BCUT2D eigenvalue weighted by molar-refractivity contribution is 6.31. The van der Waals surface area contributed by atoms with Gasteiger partial charge in [0.15, 0.2) is 0 Å². The second-order valence-corrected chi connectivity index (χ2v) is 7.50. The lowest BCUT2D eigenvalue weighted by molar-refractivity contribution is 0.0187. The molecule has 0 radical (unpaired) electrons. The molecule has 1 aliphatic rings. The number of likely N-dealkylation sites (tertiary alicyclic amines) is 1. The molecule has 0 N–H and O–H groups in total. The molecular formula is C19H27ClN2O4. The van der Waals surface area contributed by atoms with Gasteiger partial charge in [0.05, 0.1) is 24.4 Å². The fourth-order valence-corrected chi connectivity index (χ4v) is 2.93. The Kier molecular flexibility index (Phi) is 6.75. The molecular weight excluding hydrogens is 356 g/mol. The molecule has 144 valence electrons. The summed E-state index contributed by atoms with van der Waals surface area (Å²) in [7, 11) is 0. The number of aromatic nitrogens is 1. The van der Waals surface area contributed by atoms with E-state index in [0.29, 0.717) is 42.0 Å². The first-order chi connectivity index (χ1) is 12.2. The molecule has 0 spiro atoms. The van der Waals surface area contributed by atoms with E-state index in [0.717, 1.165) is 12.8 Å². The van der Waals surface area contributed by atoms with Gasteiger partial charge in [-0.3, -0.25) is 0 Å². The summed E-state index contributed by atoms with van der Waals surface area (Å²) in [5.74, 6) is 1.01. The van der Waals surface area contributed by atoms with Crippen LogP contribution in [0.3, 0.4) is 0 Å². The van der Waals surface area contributed by atoms with Gasteiger partial charge in [0.1, 0.15) is 28.9 Å². The Morgan fingerprint density at radius 2 is 2.19 bits per heavy atom. The lowest BCUT2D eigenvalue weighted by atomic mass is 10.2. The first-order valence-electron chi connectivity index (χ1n) is 8.81. The highest BCUT2D eigenvalue weighted by Gasteiger charge is 2.32. The van der Waals surface area contributed by atoms with Crippen molar-refractivity contribution in [1.82, 2.24) is 9.88 Å². The molecule has 1 fully saturated rings. The molecule has 1 aromatic heterocycles. The number of hydrogen-bond donors (Lipinski definition) is 0. The third kappa shape index (κ3) is 5.53. The van der Waals surface area contributed by atoms with E-state index < -0.39 is 5.60 Å². The van der Waals surface area contributed by atoms with Crippen LogP contribution in [0.1, 0.15) is 46.1 Å². The molecule has 26 heavy (non-hydrogen) atoms. The van der Waals surface area contributed by atoms with E-state index in [1.54, 1.807) is 17.2 Å². The smallest absolute Gasteiger partial charge is 0.410 e. The Balaban J connectivity index is 2.00. The number of rotatable bonds is 6. The number of nitrogens with zero attached hydrogens (tertiary/aromatic N) is 2. The first kappa shape index (κ1) is 20.4. The minimum Gasteiger partial charge on any atom is -0.494 e. The molecule has 1 amide bonds. The molecule has 6 nitrogen and oxygen atoms in total. The average Bonchev–Trinajstić information content (AvgIpc) is 3.01. The van der Waals surface area contributed by atoms with Crippen molar-refractivity contribution in [1.29, 1.82) is 0 Å². The molecule has 2 heterocycles. The van der Waals surface area contributed by atoms with E-state index in [2.05, 4.69) is 11.6 Å². The summed E-state index contributed by atoms with van der Waals surface area (Å²) in [6.45, 7) is 12.8. The number of amides is 1. The standard InChI is InChI=1S/C19H27ClN2O4/c1-6-24-13(2)16-10-15(11-21-17(16)20)25-12-14-8-7-9-22(14)18(23)26-19(3,4)5/h10-11,14H,2,6-9,12H2,1,3-5H3/t14-/m0/s1. The Morgan fingerprint density at radius 3 is 2.85 bits per heavy atom. The fraction of sp³-hybridized carbons (Fsp3) is 0.579.